The summed E-state index contributed by atoms with van der Waals surface area (Å²) in [5.41, 5.74) is 3.47. The largest absolute Gasteiger partial charge is 0.359 e. The fraction of sp³-hybridized carbons (Fsp3) is 0.111. The quantitative estimate of drug-likeness (QED) is 0.780. The minimum Gasteiger partial charge on any atom is -0.359 e. The van der Waals surface area contributed by atoms with E-state index in [1.54, 1.807) is 24.3 Å². The van der Waals surface area contributed by atoms with E-state index >= 15 is 0 Å². The van der Waals surface area contributed by atoms with Crippen LogP contribution in [0.25, 0.3) is 11.3 Å². The van der Waals surface area contributed by atoms with Gasteiger partial charge in [0.25, 0.3) is 5.91 Å². The Morgan fingerprint density at radius 1 is 1.13 bits per heavy atom. The van der Waals surface area contributed by atoms with E-state index in [-0.39, 0.29) is 12.5 Å². The molecule has 5 heteroatoms. The second-order valence-corrected chi connectivity index (χ2v) is 5.67. The second kappa shape index (κ2) is 6.67. The average molecular weight is 327 g/mol. The van der Waals surface area contributed by atoms with Crippen LogP contribution < -0.4 is 5.32 Å². The fourth-order valence-corrected chi connectivity index (χ4v) is 2.25. The monoisotopic (exact) mass is 326 g/mol. The Morgan fingerprint density at radius 2 is 1.83 bits per heavy atom. The highest BCUT2D eigenvalue weighted by molar-refractivity contribution is 6.30. The summed E-state index contributed by atoms with van der Waals surface area (Å²) in [7, 11) is 0. The normalized spacial score (nSPS) is 10.5. The van der Waals surface area contributed by atoms with Crippen molar-refractivity contribution < 1.29 is 9.32 Å². The summed E-state index contributed by atoms with van der Waals surface area (Å²) in [6.45, 7) is 2.31. The Morgan fingerprint density at radius 3 is 2.52 bits per heavy atom. The zero-order valence-electron chi connectivity index (χ0n) is 12.5. The lowest BCUT2D eigenvalue weighted by Crippen LogP contribution is -2.22. The van der Waals surface area contributed by atoms with Gasteiger partial charge in [0.05, 0.1) is 6.54 Å². The van der Waals surface area contributed by atoms with Gasteiger partial charge < -0.3 is 9.84 Å². The molecule has 2 aromatic carbocycles. The van der Waals surface area contributed by atoms with E-state index < -0.39 is 0 Å². The molecule has 23 heavy (non-hydrogen) atoms. The zero-order valence-corrected chi connectivity index (χ0v) is 13.3. The first-order chi connectivity index (χ1) is 11.1. The molecule has 3 aromatic rings. The molecule has 4 nitrogen and oxygen atoms in total. The Hall–Kier alpha value is -2.59. The van der Waals surface area contributed by atoms with E-state index in [0.29, 0.717) is 16.3 Å². The Balaban J connectivity index is 1.64. The van der Waals surface area contributed by atoms with Crippen molar-refractivity contribution in [3.63, 3.8) is 0 Å². The van der Waals surface area contributed by atoms with E-state index in [1.165, 1.54) is 5.56 Å². The summed E-state index contributed by atoms with van der Waals surface area (Å²) < 4.78 is 5.27. The predicted octanol–water partition coefficient (Wildman–Crippen LogP) is 4.23. The number of aryl methyl sites for hydroxylation is 1. The van der Waals surface area contributed by atoms with Gasteiger partial charge in [0.1, 0.15) is 5.69 Å². The maximum Gasteiger partial charge on any atom is 0.251 e. The molecule has 0 bridgehead atoms. The van der Waals surface area contributed by atoms with Crippen LogP contribution in [0.1, 0.15) is 21.7 Å². The van der Waals surface area contributed by atoms with Crippen molar-refractivity contribution >= 4 is 17.5 Å². The molecule has 0 saturated carbocycles. The van der Waals surface area contributed by atoms with Crippen molar-refractivity contribution in [1.29, 1.82) is 0 Å². The number of hydrogen-bond acceptors (Lipinski definition) is 3. The molecule has 1 amide bonds. The number of aromatic nitrogens is 1. The number of carbonyl (C=O) groups excluding carboxylic acids is 1. The first-order valence-corrected chi connectivity index (χ1v) is 7.56. The zero-order chi connectivity index (χ0) is 16.2. The summed E-state index contributed by atoms with van der Waals surface area (Å²) in [6, 6.07) is 16.6. The molecule has 1 N–H and O–H groups in total. The van der Waals surface area contributed by atoms with Crippen LogP contribution in [-0.4, -0.2) is 11.1 Å². The molecule has 0 atom stereocenters. The molecule has 0 radical (unpaired) electrons. The molecule has 0 unspecified atom stereocenters. The average Bonchev–Trinajstić information content (AvgIpc) is 3.03. The van der Waals surface area contributed by atoms with Crippen LogP contribution in [0.5, 0.6) is 0 Å². The van der Waals surface area contributed by atoms with Gasteiger partial charge in [0.2, 0.25) is 0 Å². The molecule has 0 aliphatic heterocycles. The number of carbonyl (C=O) groups is 1. The highest BCUT2D eigenvalue weighted by Crippen LogP contribution is 2.19. The van der Waals surface area contributed by atoms with Gasteiger partial charge in [-0.3, -0.25) is 4.79 Å². The second-order valence-electron chi connectivity index (χ2n) is 5.23. The molecule has 3 rings (SSSR count). The van der Waals surface area contributed by atoms with E-state index in [9.17, 15) is 4.79 Å². The fourth-order valence-electron chi connectivity index (χ4n) is 2.13. The Labute approximate surface area is 139 Å². The van der Waals surface area contributed by atoms with Crippen LogP contribution in [0, 0.1) is 6.92 Å². The number of benzene rings is 2. The summed E-state index contributed by atoms with van der Waals surface area (Å²) in [5, 5.41) is 7.42. The molecule has 0 fully saturated rings. The van der Waals surface area contributed by atoms with Crippen LogP contribution >= 0.6 is 11.6 Å². The van der Waals surface area contributed by atoms with Crippen molar-refractivity contribution in [2.45, 2.75) is 13.5 Å². The van der Waals surface area contributed by atoms with Crippen LogP contribution in [0.3, 0.4) is 0 Å². The smallest absolute Gasteiger partial charge is 0.251 e. The van der Waals surface area contributed by atoms with E-state index in [2.05, 4.69) is 10.5 Å². The van der Waals surface area contributed by atoms with Crippen molar-refractivity contribution in [1.82, 2.24) is 10.5 Å². The lowest BCUT2D eigenvalue weighted by Gasteiger charge is -2.02. The summed E-state index contributed by atoms with van der Waals surface area (Å²) in [4.78, 5) is 12.0. The highest BCUT2D eigenvalue weighted by Gasteiger charge is 2.09. The summed E-state index contributed by atoms with van der Waals surface area (Å²) in [6.07, 6.45) is 0. The number of hydrogen-bond donors (Lipinski definition) is 1. The molecular weight excluding hydrogens is 312 g/mol. The van der Waals surface area contributed by atoms with Crippen LogP contribution in [-0.2, 0) is 6.54 Å². The minimum atomic E-state index is -0.185. The maximum atomic E-state index is 12.0. The van der Waals surface area contributed by atoms with E-state index in [0.717, 1.165) is 11.3 Å². The molecule has 1 aromatic heterocycles. The predicted molar refractivity (Wildman–Crippen MR) is 89.3 cm³/mol. The van der Waals surface area contributed by atoms with E-state index in [1.807, 2.05) is 37.3 Å². The van der Waals surface area contributed by atoms with Gasteiger partial charge in [-0.2, -0.15) is 0 Å². The molecule has 0 aliphatic carbocycles. The SMILES string of the molecule is Cc1ccc(-c2cc(CNC(=O)c3ccc(Cl)cc3)on2)cc1. The molecular formula is C18H15ClN2O2. The van der Waals surface area contributed by atoms with Gasteiger partial charge in [-0.15, -0.1) is 0 Å². The lowest BCUT2D eigenvalue weighted by atomic mass is 10.1. The molecule has 116 valence electrons. The van der Waals surface area contributed by atoms with Crippen molar-refractivity contribution in [2.24, 2.45) is 0 Å². The lowest BCUT2D eigenvalue weighted by molar-refractivity contribution is 0.0947. The molecule has 0 saturated heterocycles. The van der Waals surface area contributed by atoms with Crippen LogP contribution in [0.2, 0.25) is 5.02 Å². The summed E-state index contributed by atoms with van der Waals surface area (Å²) >= 11 is 5.81. The van der Waals surface area contributed by atoms with Gasteiger partial charge >= 0.3 is 0 Å². The highest BCUT2D eigenvalue weighted by atomic mass is 35.5. The molecule has 0 spiro atoms. The Bertz CT molecular complexity index is 808. The van der Waals surface area contributed by atoms with E-state index in [4.69, 9.17) is 16.1 Å². The van der Waals surface area contributed by atoms with Crippen molar-refractivity contribution in [2.75, 3.05) is 0 Å². The van der Waals surface area contributed by atoms with Gasteiger partial charge in [-0.25, -0.2) is 0 Å². The first-order valence-electron chi connectivity index (χ1n) is 7.18. The first kappa shape index (κ1) is 15.3. The number of nitrogens with zero attached hydrogens (tertiary/aromatic N) is 1. The number of rotatable bonds is 4. The van der Waals surface area contributed by atoms with Gasteiger partial charge in [-0.1, -0.05) is 46.6 Å². The van der Waals surface area contributed by atoms with Gasteiger partial charge in [-0.05, 0) is 31.2 Å². The Kier molecular flexibility index (Phi) is 4.44. The van der Waals surface area contributed by atoms with Crippen LogP contribution in [0.4, 0.5) is 0 Å². The standard InChI is InChI=1S/C18H15ClN2O2/c1-12-2-4-13(5-3-12)17-10-16(23-21-17)11-20-18(22)14-6-8-15(19)9-7-14/h2-10H,11H2,1H3,(H,20,22). The summed E-state index contributed by atoms with van der Waals surface area (Å²) in [5.74, 6) is 0.415. The third-order valence-electron chi connectivity index (χ3n) is 3.44. The molecule has 0 aliphatic rings. The molecule has 1 heterocycles. The van der Waals surface area contributed by atoms with Crippen molar-refractivity contribution in [3.8, 4) is 11.3 Å². The van der Waals surface area contributed by atoms with Crippen molar-refractivity contribution in [3.05, 3.63) is 76.5 Å². The maximum absolute atomic E-state index is 12.0. The van der Waals surface area contributed by atoms with Crippen LogP contribution in [0.15, 0.2) is 59.1 Å². The third kappa shape index (κ3) is 3.79. The third-order valence-corrected chi connectivity index (χ3v) is 3.69. The van der Waals surface area contributed by atoms with Gasteiger partial charge in [0, 0.05) is 22.2 Å². The van der Waals surface area contributed by atoms with Gasteiger partial charge in [0.15, 0.2) is 5.76 Å². The number of amides is 1. The number of halogens is 1. The minimum absolute atomic E-state index is 0.185. The topological polar surface area (TPSA) is 55.1 Å². The number of nitrogens with one attached hydrogen (secondary N) is 1.